The van der Waals surface area contributed by atoms with E-state index in [0.29, 0.717) is 23.1 Å². The van der Waals surface area contributed by atoms with E-state index in [1.807, 2.05) is 42.2 Å². The van der Waals surface area contributed by atoms with E-state index in [2.05, 4.69) is 16.4 Å². The number of hydrogen-bond donors (Lipinski definition) is 1. The number of amides is 1. The Bertz CT molecular complexity index is 1350. The lowest BCUT2D eigenvalue weighted by molar-refractivity contribution is 0.0703. The summed E-state index contributed by atoms with van der Waals surface area (Å²) < 4.78 is 5.38. The van der Waals surface area contributed by atoms with E-state index < -0.39 is 0 Å². The van der Waals surface area contributed by atoms with Crippen LogP contribution in [0.5, 0.6) is 0 Å². The molecule has 34 heavy (non-hydrogen) atoms. The highest BCUT2D eigenvalue weighted by Crippen LogP contribution is 2.52. The van der Waals surface area contributed by atoms with Gasteiger partial charge < -0.3 is 14.6 Å². The fourth-order valence-corrected chi connectivity index (χ4v) is 5.50. The lowest BCUT2D eigenvalue weighted by Crippen LogP contribution is -2.40. The van der Waals surface area contributed by atoms with Crippen LogP contribution in [0.4, 0.5) is 5.82 Å². The number of para-hydroxylation sites is 1. The standard InChI is InChI=1S/C27H27N5O2/c1-18-21(9-13-34-18)26(33)32-16-20(27(17-32)10-5-11-27)15-29-25-22-7-2-3-8-23(22)30-24(31-25)19-6-4-12-28-14-19/h2-4,6-9,12-14,20H,5,10-11,15-17H2,1H3,(H,29,30,31). The number of aryl methyl sites for hydroxylation is 1. The predicted octanol–water partition coefficient (Wildman–Crippen LogP) is 4.95. The van der Waals surface area contributed by atoms with Gasteiger partial charge in [0.05, 0.1) is 17.3 Å². The van der Waals surface area contributed by atoms with Gasteiger partial charge in [0.25, 0.3) is 5.91 Å². The zero-order chi connectivity index (χ0) is 23.1. The Morgan fingerprint density at radius 1 is 1.18 bits per heavy atom. The fraction of sp³-hybridized carbons (Fsp3) is 0.333. The number of likely N-dealkylation sites (tertiary alicyclic amines) is 1. The van der Waals surface area contributed by atoms with Crippen LogP contribution in [0.25, 0.3) is 22.3 Å². The number of carbonyl (C=O) groups excluding carboxylic acids is 1. The number of carbonyl (C=O) groups is 1. The maximum absolute atomic E-state index is 13.2. The molecule has 1 atom stereocenters. The average molecular weight is 454 g/mol. The molecular weight excluding hydrogens is 426 g/mol. The number of nitrogens with zero attached hydrogens (tertiary/aromatic N) is 4. The van der Waals surface area contributed by atoms with E-state index in [-0.39, 0.29) is 11.3 Å². The van der Waals surface area contributed by atoms with Crippen molar-refractivity contribution in [1.82, 2.24) is 19.9 Å². The van der Waals surface area contributed by atoms with Crippen LogP contribution >= 0.6 is 0 Å². The maximum Gasteiger partial charge on any atom is 0.257 e. The molecule has 6 rings (SSSR count). The minimum absolute atomic E-state index is 0.0753. The summed E-state index contributed by atoms with van der Waals surface area (Å²) in [4.78, 5) is 29.0. The molecule has 7 heteroatoms. The molecular formula is C27H27N5O2. The van der Waals surface area contributed by atoms with Gasteiger partial charge in [-0.25, -0.2) is 9.97 Å². The molecule has 1 unspecified atom stereocenters. The molecule has 7 nitrogen and oxygen atoms in total. The van der Waals surface area contributed by atoms with Crippen molar-refractivity contribution in [2.75, 3.05) is 25.0 Å². The van der Waals surface area contributed by atoms with Crippen LogP contribution in [0.15, 0.2) is 65.5 Å². The highest BCUT2D eigenvalue weighted by molar-refractivity contribution is 5.95. The summed E-state index contributed by atoms with van der Waals surface area (Å²) in [5.74, 6) is 2.62. The van der Waals surface area contributed by atoms with Crippen molar-refractivity contribution in [3.63, 3.8) is 0 Å². The fourth-order valence-electron chi connectivity index (χ4n) is 5.50. The van der Waals surface area contributed by atoms with Crippen LogP contribution in [0.3, 0.4) is 0 Å². The predicted molar refractivity (Wildman–Crippen MR) is 130 cm³/mol. The molecule has 1 saturated heterocycles. The monoisotopic (exact) mass is 453 g/mol. The third-order valence-electron chi connectivity index (χ3n) is 7.58. The summed E-state index contributed by atoms with van der Waals surface area (Å²) in [6, 6.07) is 13.7. The van der Waals surface area contributed by atoms with Crippen LogP contribution in [0, 0.1) is 18.3 Å². The van der Waals surface area contributed by atoms with Crippen molar-refractivity contribution in [1.29, 1.82) is 0 Å². The van der Waals surface area contributed by atoms with Gasteiger partial charge in [0.1, 0.15) is 11.6 Å². The SMILES string of the molecule is Cc1occc1C(=O)N1CC(CNc2nc(-c3cccnc3)nc3ccccc23)C2(CCC2)C1. The molecule has 3 aromatic heterocycles. The highest BCUT2D eigenvalue weighted by Gasteiger charge is 2.51. The molecule has 1 aliphatic carbocycles. The van der Waals surface area contributed by atoms with Crippen molar-refractivity contribution in [3.05, 3.63) is 72.4 Å². The largest absolute Gasteiger partial charge is 0.469 e. The van der Waals surface area contributed by atoms with E-state index in [4.69, 9.17) is 14.4 Å². The molecule has 1 amide bonds. The van der Waals surface area contributed by atoms with Gasteiger partial charge in [-0.05, 0) is 55.5 Å². The molecule has 1 spiro atoms. The van der Waals surface area contributed by atoms with Crippen LogP contribution in [0.2, 0.25) is 0 Å². The first-order valence-corrected chi connectivity index (χ1v) is 11.9. The van der Waals surface area contributed by atoms with Gasteiger partial charge in [-0.2, -0.15) is 0 Å². The first-order chi connectivity index (χ1) is 16.6. The summed E-state index contributed by atoms with van der Waals surface area (Å²) in [6.45, 7) is 4.17. The number of anilines is 1. The third kappa shape index (κ3) is 3.52. The van der Waals surface area contributed by atoms with Gasteiger partial charge in [-0.15, -0.1) is 0 Å². The van der Waals surface area contributed by atoms with Gasteiger partial charge in [0.15, 0.2) is 5.82 Å². The average Bonchev–Trinajstić information content (AvgIpc) is 3.46. The smallest absolute Gasteiger partial charge is 0.257 e. The molecule has 4 aromatic rings. The zero-order valence-corrected chi connectivity index (χ0v) is 19.2. The molecule has 0 bridgehead atoms. The van der Waals surface area contributed by atoms with Crippen LogP contribution in [0.1, 0.15) is 35.4 Å². The minimum Gasteiger partial charge on any atom is -0.469 e. The second-order valence-electron chi connectivity index (χ2n) is 9.52. The minimum atomic E-state index is 0.0753. The Hall–Kier alpha value is -3.74. The number of hydrogen-bond acceptors (Lipinski definition) is 6. The van der Waals surface area contributed by atoms with Crippen molar-refractivity contribution < 1.29 is 9.21 Å². The molecule has 1 aromatic carbocycles. The van der Waals surface area contributed by atoms with Crippen molar-refractivity contribution in [2.24, 2.45) is 11.3 Å². The highest BCUT2D eigenvalue weighted by atomic mass is 16.3. The molecule has 1 aliphatic heterocycles. The number of benzene rings is 1. The summed E-state index contributed by atoms with van der Waals surface area (Å²) >= 11 is 0. The Kier molecular flexibility index (Phi) is 5.05. The van der Waals surface area contributed by atoms with Crippen LogP contribution in [-0.4, -0.2) is 45.4 Å². The second-order valence-corrected chi connectivity index (χ2v) is 9.52. The number of pyridine rings is 1. The number of aromatic nitrogens is 3. The molecule has 4 heterocycles. The van der Waals surface area contributed by atoms with Crippen molar-refractivity contribution in [2.45, 2.75) is 26.2 Å². The normalized spacial score (nSPS) is 18.9. The van der Waals surface area contributed by atoms with Crippen LogP contribution < -0.4 is 5.32 Å². The quantitative estimate of drug-likeness (QED) is 0.460. The van der Waals surface area contributed by atoms with Gasteiger partial charge in [-0.1, -0.05) is 18.6 Å². The first-order valence-electron chi connectivity index (χ1n) is 11.9. The molecule has 1 N–H and O–H groups in total. The van der Waals surface area contributed by atoms with E-state index in [1.165, 1.54) is 19.3 Å². The topological polar surface area (TPSA) is 84.2 Å². The summed E-state index contributed by atoms with van der Waals surface area (Å²) in [6.07, 6.45) is 8.69. The van der Waals surface area contributed by atoms with Crippen molar-refractivity contribution >= 4 is 22.6 Å². The molecule has 172 valence electrons. The zero-order valence-electron chi connectivity index (χ0n) is 19.2. The molecule has 2 aliphatic rings. The van der Waals surface area contributed by atoms with Gasteiger partial charge in [0, 0.05) is 48.9 Å². The second kappa shape index (κ2) is 8.24. The first kappa shape index (κ1) is 20.8. The van der Waals surface area contributed by atoms with E-state index in [1.54, 1.807) is 24.7 Å². The van der Waals surface area contributed by atoms with Crippen molar-refractivity contribution in [3.8, 4) is 11.4 Å². The van der Waals surface area contributed by atoms with E-state index in [0.717, 1.165) is 41.9 Å². The van der Waals surface area contributed by atoms with Crippen LogP contribution in [-0.2, 0) is 0 Å². The third-order valence-corrected chi connectivity index (χ3v) is 7.58. The Morgan fingerprint density at radius 3 is 2.79 bits per heavy atom. The lowest BCUT2D eigenvalue weighted by atomic mass is 9.63. The number of furan rings is 1. The number of nitrogens with one attached hydrogen (secondary N) is 1. The Balaban J connectivity index is 1.27. The van der Waals surface area contributed by atoms with E-state index in [9.17, 15) is 4.79 Å². The Labute approximate surface area is 198 Å². The van der Waals surface area contributed by atoms with E-state index >= 15 is 0 Å². The molecule has 0 radical (unpaired) electrons. The lowest BCUT2D eigenvalue weighted by Gasteiger charge is -2.42. The van der Waals surface area contributed by atoms with Gasteiger partial charge >= 0.3 is 0 Å². The van der Waals surface area contributed by atoms with Gasteiger partial charge in [-0.3, -0.25) is 9.78 Å². The van der Waals surface area contributed by atoms with Gasteiger partial charge in [0.2, 0.25) is 0 Å². The molecule has 2 fully saturated rings. The number of fused-ring (bicyclic) bond motifs is 1. The summed E-state index contributed by atoms with van der Waals surface area (Å²) in [5, 5.41) is 4.64. The summed E-state index contributed by atoms with van der Waals surface area (Å²) in [7, 11) is 0. The number of rotatable bonds is 5. The molecule has 1 saturated carbocycles. The Morgan fingerprint density at radius 2 is 2.06 bits per heavy atom. The maximum atomic E-state index is 13.2. The summed E-state index contributed by atoms with van der Waals surface area (Å²) in [5.41, 5.74) is 2.65.